The molecule has 98 valence electrons. The highest BCUT2D eigenvalue weighted by Gasteiger charge is 2.05. The van der Waals surface area contributed by atoms with Crippen molar-refractivity contribution >= 4 is 5.91 Å². The van der Waals surface area contributed by atoms with E-state index in [-0.39, 0.29) is 12.5 Å². The molecule has 0 fully saturated rings. The molecule has 0 aliphatic carbocycles. The first-order chi connectivity index (χ1) is 9.19. The molecule has 0 saturated carbocycles. The first kappa shape index (κ1) is 13.2. The molecule has 19 heavy (non-hydrogen) atoms. The third kappa shape index (κ3) is 3.63. The van der Waals surface area contributed by atoms with Crippen molar-refractivity contribution in [3.63, 3.8) is 0 Å². The number of aryl methyl sites for hydroxylation is 1. The van der Waals surface area contributed by atoms with Gasteiger partial charge in [0.05, 0.1) is 6.61 Å². The maximum Gasteiger partial charge on any atom is 0.251 e. The molecule has 0 aliphatic heterocycles. The Morgan fingerprint density at radius 1 is 1.21 bits per heavy atom. The summed E-state index contributed by atoms with van der Waals surface area (Å²) in [4.78, 5) is 16.0. The van der Waals surface area contributed by atoms with E-state index in [1.54, 1.807) is 18.3 Å². The number of amides is 1. The van der Waals surface area contributed by atoms with Crippen LogP contribution < -0.4 is 5.32 Å². The van der Waals surface area contributed by atoms with Crippen LogP contribution in [-0.2, 0) is 13.2 Å². The van der Waals surface area contributed by atoms with Gasteiger partial charge < -0.3 is 10.4 Å². The van der Waals surface area contributed by atoms with E-state index in [0.29, 0.717) is 12.1 Å². The molecular weight excluding hydrogens is 240 g/mol. The quantitative estimate of drug-likeness (QED) is 0.877. The topological polar surface area (TPSA) is 62.2 Å². The number of nitrogens with zero attached hydrogens (tertiary/aromatic N) is 1. The molecule has 0 atom stereocenters. The third-order valence-corrected chi connectivity index (χ3v) is 2.82. The van der Waals surface area contributed by atoms with E-state index in [9.17, 15) is 4.79 Å². The lowest BCUT2D eigenvalue weighted by molar-refractivity contribution is 0.0950. The summed E-state index contributed by atoms with van der Waals surface area (Å²) in [6.45, 7) is 2.35. The zero-order valence-corrected chi connectivity index (χ0v) is 10.8. The Hall–Kier alpha value is -2.20. The van der Waals surface area contributed by atoms with Crippen LogP contribution in [0, 0.1) is 6.92 Å². The lowest BCUT2D eigenvalue weighted by Gasteiger charge is -2.06. The van der Waals surface area contributed by atoms with Crippen molar-refractivity contribution in [1.29, 1.82) is 0 Å². The number of rotatable bonds is 4. The van der Waals surface area contributed by atoms with E-state index in [4.69, 9.17) is 5.11 Å². The maximum atomic E-state index is 11.9. The second-order valence-electron chi connectivity index (χ2n) is 4.34. The van der Waals surface area contributed by atoms with Gasteiger partial charge in [0, 0.05) is 24.0 Å². The third-order valence-electron chi connectivity index (χ3n) is 2.82. The second kappa shape index (κ2) is 6.11. The van der Waals surface area contributed by atoms with Gasteiger partial charge in [0.2, 0.25) is 0 Å². The minimum Gasteiger partial charge on any atom is -0.392 e. The standard InChI is InChI=1S/C15H16N2O2/c1-11-8-14(6-7-16-11)15(19)17-9-12-2-4-13(10-18)5-3-12/h2-8,18H,9-10H2,1H3,(H,17,19). The van der Waals surface area contributed by atoms with Gasteiger partial charge in [-0.3, -0.25) is 9.78 Å². The molecule has 1 aromatic carbocycles. The number of aliphatic hydroxyl groups is 1. The molecule has 0 aliphatic rings. The van der Waals surface area contributed by atoms with Crippen LogP contribution >= 0.6 is 0 Å². The van der Waals surface area contributed by atoms with Crippen molar-refractivity contribution in [2.45, 2.75) is 20.1 Å². The van der Waals surface area contributed by atoms with Gasteiger partial charge >= 0.3 is 0 Å². The molecule has 0 radical (unpaired) electrons. The van der Waals surface area contributed by atoms with Crippen molar-refractivity contribution in [3.8, 4) is 0 Å². The second-order valence-corrected chi connectivity index (χ2v) is 4.34. The highest BCUT2D eigenvalue weighted by Crippen LogP contribution is 2.05. The summed E-state index contributed by atoms with van der Waals surface area (Å²) in [6, 6.07) is 10.9. The molecule has 2 rings (SSSR count). The Kier molecular flexibility index (Phi) is 4.26. The summed E-state index contributed by atoms with van der Waals surface area (Å²) >= 11 is 0. The zero-order valence-electron chi connectivity index (χ0n) is 10.8. The first-order valence-electron chi connectivity index (χ1n) is 6.08. The van der Waals surface area contributed by atoms with Gasteiger partial charge in [-0.2, -0.15) is 0 Å². The number of pyridine rings is 1. The average molecular weight is 256 g/mol. The van der Waals surface area contributed by atoms with E-state index in [0.717, 1.165) is 16.8 Å². The number of benzene rings is 1. The van der Waals surface area contributed by atoms with Crippen molar-refractivity contribution in [1.82, 2.24) is 10.3 Å². The van der Waals surface area contributed by atoms with Crippen molar-refractivity contribution < 1.29 is 9.90 Å². The Balaban J connectivity index is 1.96. The van der Waals surface area contributed by atoms with Crippen molar-refractivity contribution in [3.05, 3.63) is 65.0 Å². The summed E-state index contributed by atoms with van der Waals surface area (Å²) in [6.07, 6.45) is 1.63. The van der Waals surface area contributed by atoms with Crippen molar-refractivity contribution in [2.24, 2.45) is 0 Å². The van der Waals surface area contributed by atoms with Crippen molar-refractivity contribution in [2.75, 3.05) is 0 Å². The molecule has 4 nitrogen and oxygen atoms in total. The van der Waals surface area contributed by atoms with Crippen LogP contribution in [0.5, 0.6) is 0 Å². The molecule has 1 amide bonds. The predicted molar refractivity (Wildman–Crippen MR) is 72.5 cm³/mol. The smallest absolute Gasteiger partial charge is 0.251 e. The van der Waals surface area contributed by atoms with Crippen LogP contribution in [0.15, 0.2) is 42.6 Å². The van der Waals surface area contributed by atoms with Crippen LogP contribution in [0.25, 0.3) is 0 Å². The van der Waals surface area contributed by atoms with E-state index in [1.165, 1.54) is 0 Å². The molecule has 1 aromatic heterocycles. The van der Waals surface area contributed by atoms with Gasteiger partial charge in [0.15, 0.2) is 0 Å². The molecule has 0 saturated heterocycles. The van der Waals surface area contributed by atoms with Gasteiger partial charge in [-0.05, 0) is 30.2 Å². The van der Waals surface area contributed by atoms with Crippen LogP contribution in [0.3, 0.4) is 0 Å². The lowest BCUT2D eigenvalue weighted by Crippen LogP contribution is -2.22. The Bertz CT molecular complexity index is 565. The normalized spacial score (nSPS) is 10.2. The fraction of sp³-hybridized carbons (Fsp3) is 0.200. The Labute approximate surface area is 112 Å². The fourth-order valence-electron chi connectivity index (χ4n) is 1.73. The number of carbonyl (C=O) groups excluding carboxylic acids is 1. The summed E-state index contributed by atoms with van der Waals surface area (Å²) in [5, 5.41) is 11.8. The van der Waals surface area contributed by atoms with Crippen LogP contribution in [-0.4, -0.2) is 16.0 Å². The summed E-state index contributed by atoms with van der Waals surface area (Å²) in [7, 11) is 0. The number of aromatic nitrogens is 1. The molecule has 2 N–H and O–H groups in total. The number of nitrogens with one attached hydrogen (secondary N) is 1. The summed E-state index contributed by atoms with van der Waals surface area (Å²) in [5.41, 5.74) is 3.29. The minimum atomic E-state index is -0.114. The number of hydrogen-bond acceptors (Lipinski definition) is 3. The number of hydrogen-bond donors (Lipinski definition) is 2. The molecular formula is C15H16N2O2. The maximum absolute atomic E-state index is 11.9. The van der Waals surface area contributed by atoms with E-state index in [1.807, 2.05) is 31.2 Å². The highest BCUT2D eigenvalue weighted by atomic mass is 16.3. The Morgan fingerprint density at radius 2 is 1.89 bits per heavy atom. The summed E-state index contributed by atoms with van der Waals surface area (Å²) in [5.74, 6) is -0.114. The van der Waals surface area contributed by atoms with Crippen LogP contribution in [0.1, 0.15) is 27.2 Å². The monoisotopic (exact) mass is 256 g/mol. The van der Waals surface area contributed by atoms with Crippen LogP contribution in [0.4, 0.5) is 0 Å². The molecule has 4 heteroatoms. The summed E-state index contributed by atoms with van der Waals surface area (Å²) < 4.78 is 0. The number of aliphatic hydroxyl groups excluding tert-OH is 1. The predicted octanol–water partition coefficient (Wildman–Crippen LogP) is 1.81. The van der Waals surface area contributed by atoms with Gasteiger partial charge in [0.25, 0.3) is 5.91 Å². The molecule has 0 unspecified atom stereocenters. The highest BCUT2D eigenvalue weighted by molar-refractivity contribution is 5.94. The largest absolute Gasteiger partial charge is 0.392 e. The zero-order chi connectivity index (χ0) is 13.7. The molecule has 2 aromatic rings. The lowest BCUT2D eigenvalue weighted by atomic mass is 10.1. The Morgan fingerprint density at radius 3 is 2.53 bits per heavy atom. The van der Waals surface area contributed by atoms with E-state index >= 15 is 0 Å². The minimum absolute atomic E-state index is 0.0307. The van der Waals surface area contributed by atoms with Gasteiger partial charge in [-0.1, -0.05) is 24.3 Å². The van der Waals surface area contributed by atoms with Gasteiger partial charge in [0.1, 0.15) is 0 Å². The first-order valence-corrected chi connectivity index (χ1v) is 6.08. The SMILES string of the molecule is Cc1cc(C(=O)NCc2ccc(CO)cc2)ccn1. The average Bonchev–Trinajstić information content (AvgIpc) is 2.45. The number of carbonyl (C=O) groups is 1. The molecule has 1 heterocycles. The van der Waals surface area contributed by atoms with E-state index in [2.05, 4.69) is 10.3 Å². The molecule has 0 spiro atoms. The van der Waals surface area contributed by atoms with E-state index < -0.39 is 0 Å². The fourth-order valence-corrected chi connectivity index (χ4v) is 1.73. The van der Waals surface area contributed by atoms with Crippen LogP contribution in [0.2, 0.25) is 0 Å². The van der Waals surface area contributed by atoms with Gasteiger partial charge in [-0.15, -0.1) is 0 Å². The molecule has 0 bridgehead atoms. The van der Waals surface area contributed by atoms with Gasteiger partial charge in [-0.25, -0.2) is 0 Å².